The van der Waals surface area contributed by atoms with Crippen molar-refractivity contribution in [3.05, 3.63) is 28.8 Å². The van der Waals surface area contributed by atoms with Crippen molar-refractivity contribution in [2.24, 2.45) is 0 Å². The van der Waals surface area contributed by atoms with Crippen LogP contribution in [0.15, 0.2) is 23.1 Å². The van der Waals surface area contributed by atoms with Gasteiger partial charge in [0, 0.05) is 26.2 Å². The molecule has 3 rings (SSSR count). The Morgan fingerprint density at radius 2 is 1.78 bits per heavy atom. The molecule has 1 aromatic carbocycles. The van der Waals surface area contributed by atoms with Gasteiger partial charge in [-0.25, -0.2) is 13.2 Å². The molecule has 27 heavy (non-hydrogen) atoms. The molecule has 0 aliphatic carbocycles. The predicted octanol–water partition coefficient (Wildman–Crippen LogP) is 1.14. The third-order valence-corrected chi connectivity index (χ3v) is 6.78. The van der Waals surface area contributed by atoms with Crippen LogP contribution in [0.3, 0.4) is 0 Å². The Morgan fingerprint density at radius 3 is 2.44 bits per heavy atom. The zero-order valence-electron chi connectivity index (χ0n) is 14.7. The lowest BCUT2D eigenvalue weighted by Crippen LogP contribution is -2.42. The van der Waals surface area contributed by atoms with Gasteiger partial charge in [-0.3, -0.25) is 4.79 Å². The minimum atomic E-state index is -3.68. The summed E-state index contributed by atoms with van der Waals surface area (Å²) in [7, 11) is -3.68. The largest absolute Gasteiger partial charge is 0.452 e. The van der Waals surface area contributed by atoms with Gasteiger partial charge in [0.05, 0.1) is 28.7 Å². The summed E-state index contributed by atoms with van der Waals surface area (Å²) in [5.41, 5.74) is -0.0771. The number of hydrogen-bond acceptors (Lipinski definition) is 6. The first kappa shape index (κ1) is 20.1. The van der Waals surface area contributed by atoms with Crippen molar-refractivity contribution in [3.63, 3.8) is 0 Å². The van der Waals surface area contributed by atoms with Gasteiger partial charge in [-0.05, 0) is 31.0 Å². The van der Waals surface area contributed by atoms with Crippen molar-refractivity contribution in [2.45, 2.75) is 17.7 Å². The first-order valence-electron chi connectivity index (χ1n) is 8.72. The lowest BCUT2D eigenvalue weighted by molar-refractivity contribution is -0.138. The third kappa shape index (κ3) is 4.60. The fourth-order valence-electron chi connectivity index (χ4n) is 3.01. The van der Waals surface area contributed by atoms with Crippen LogP contribution in [0, 0.1) is 0 Å². The minimum absolute atomic E-state index is 0.0137. The number of carbonyl (C=O) groups is 2. The average molecular weight is 417 g/mol. The van der Waals surface area contributed by atoms with Crippen LogP contribution in [0.25, 0.3) is 0 Å². The van der Waals surface area contributed by atoms with Gasteiger partial charge in [0.15, 0.2) is 6.61 Å². The van der Waals surface area contributed by atoms with Gasteiger partial charge in [0.25, 0.3) is 5.91 Å². The molecule has 2 aliphatic rings. The number of carbonyl (C=O) groups excluding carboxylic acids is 2. The van der Waals surface area contributed by atoms with Gasteiger partial charge in [0.1, 0.15) is 0 Å². The van der Waals surface area contributed by atoms with E-state index in [0.717, 1.165) is 12.8 Å². The molecule has 2 fully saturated rings. The van der Waals surface area contributed by atoms with Crippen LogP contribution in [-0.4, -0.2) is 75.5 Å². The maximum Gasteiger partial charge on any atom is 0.340 e. The first-order valence-corrected chi connectivity index (χ1v) is 10.5. The van der Waals surface area contributed by atoms with E-state index in [-0.39, 0.29) is 21.4 Å². The molecule has 0 saturated carbocycles. The molecule has 0 radical (unpaired) electrons. The summed E-state index contributed by atoms with van der Waals surface area (Å²) in [4.78, 5) is 26.0. The Labute approximate surface area is 163 Å². The molecule has 2 heterocycles. The Balaban J connectivity index is 1.70. The van der Waals surface area contributed by atoms with Crippen molar-refractivity contribution in [3.8, 4) is 0 Å². The molecule has 0 unspecified atom stereocenters. The topological polar surface area (TPSA) is 93.2 Å². The molecule has 2 aliphatic heterocycles. The van der Waals surface area contributed by atoms with Crippen LogP contribution in [-0.2, 0) is 24.3 Å². The average Bonchev–Trinajstić information content (AvgIpc) is 3.22. The van der Waals surface area contributed by atoms with Crippen LogP contribution in [0.5, 0.6) is 0 Å². The number of nitrogens with zero attached hydrogens (tertiary/aromatic N) is 2. The number of morpholine rings is 1. The van der Waals surface area contributed by atoms with E-state index in [1.54, 1.807) is 4.90 Å². The van der Waals surface area contributed by atoms with Crippen LogP contribution >= 0.6 is 11.6 Å². The summed E-state index contributed by atoms with van der Waals surface area (Å²) in [5, 5.41) is 0.0687. The molecule has 0 spiro atoms. The summed E-state index contributed by atoms with van der Waals surface area (Å²) in [6, 6.07) is 3.92. The summed E-state index contributed by atoms with van der Waals surface area (Å²) in [6.07, 6.45) is 1.62. The predicted molar refractivity (Wildman–Crippen MR) is 97.1 cm³/mol. The maximum atomic E-state index is 12.7. The molecular weight excluding hydrogens is 396 g/mol. The number of halogens is 1. The summed E-state index contributed by atoms with van der Waals surface area (Å²) in [6.45, 7) is 2.26. The number of rotatable bonds is 5. The Hall–Kier alpha value is -1.68. The van der Waals surface area contributed by atoms with Crippen LogP contribution in [0.4, 0.5) is 0 Å². The van der Waals surface area contributed by atoms with Crippen LogP contribution < -0.4 is 0 Å². The molecule has 2 saturated heterocycles. The molecule has 148 valence electrons. The second kappa shape index (κ2) is 8.55. The van der Waals surface area contributed by atoms with Gasteiger partial charge in [-0.1, -0.05) is 11.6 Å². The van der Waals surface area contributed by atoms with Gasteiger partial charge in [0.2, 0.25) is 10.0 Å². The van der Waals surface area contributed by atoms with E-state index in [1.807, 2.05) is 0 Å². The van der Waals surface area contributed by atoms with Gasteiger partial charge in [-0.15, -0.1) is 0 Å². The number of benzene rings is 1. The monoisotopic (exact) mass is 416 g/mol. The van der Waals surface area contributed by atoms with E-state index in [1.165, 1.54) is 22.5 Å². The second-order valence-corrected chi connectivity index (χ2v) is 8.67. The number of amides is 1. The fourth-order valence-corrected chi connectivity index (χ4v) is 4.75. The smallest absolute Gasteiger partial charge is 0.340 e. The van der Waals surface area contributed by atoms with Gasteiger partial charge in [-0.2, -0.15) is 4.31 Å². The Morgan fingerprint density at radius 1 is 1.11 bits per heavy atom. The standard InChI is InChI=1S/C17H21ClN2O6S/c18-15-4-3-13(27(23,24)20-5-1-2-6-20)11-14(15)17(22)26-12-16(21)19-7-9-25-10-8-19/h3-4,11H,1-2,5-10,12H2. The number of ether oxygens (including phenoxy) is 2. The van der Waals surface area contributed by atoms with Crippen molar-refractivity contribution in [1.82, 2.24) is 9.21 Å². The zero-order valence-corrected chi connectivity index (χ0v) is 16.3. The molecule has 0 atom stereocenters. The maximum absolute atomic E-state index is 12.7. The fraction of sp³-hybridized carbons (Fsp3) is 0.529. The molecule has 0 N–H and O–H groups in total. The molecular formula is C17H21ClN2O6S. The Bertz CT molecular complexity index is 817. The van der Waals surface area contributed by atoms with Crippen molar-refractivity contribution in [2.75, 3.05) is 46.0 Å². The van der Waals surface area contributed by atoms with Crippen LogP contribution in [0.2, 0.25) is 5.02 Å². The van der Waals surface area contributed by atoms with E-state index < -0.39 is 22.6 Å². The zero-order chi connectivity index (χ0) is 19.4. The minimum Gasteiger partial charge on any atom is -0.452 e. The number of sulfonamides is 1. The lowest BCUT2D eigenvalue weighted by atomic mass is 10.2. The molecule has 0 aromatic heterocycles. The third-order valence-electron chi connectivity index (χ3n) is 4.55. The number of hydrogen-bond donors (Lipinski definition) is 0. The van der Waals surface area contributed by atoms with E-state index in [4.69, 9.17) is 21.1 Å². The highest BCUT2D eigenvalue weighted by Gasteiger charge is 2.29. The summed E-state index contributed by atoms with van der Waals surface area (Å²) < 4.78 is 36.9. The number of esters is 1. The summed E-state index contributed by atoms with van der Waals surface area (Å²) in [5.74, 6) is -1.16. The van der Waals surface area contributed by atoms with Crippen molar-refractivity contribution >= 4 is 33.5 Å². The highest BCUT2D eigenvalue weighted by molar-refractivity contribution is 7.89. The molecule has 8 nitrogen and oxygen atoms in total. The first-order chi connectivity index (χ1) is 12.9. The molecule has 0 bridgehead atoms. The highest BCUT2D eigenvalue weighted by Crippen LogP contribution is 2.25. The van der Waals surface area contributed by atoms with Crippen LogP contribution in [0.1, 0.15) is 23.2 Å². The van der Waals surface area contributed by atoms with E-state index in [9.17, 15) is 18.0 Å². The highest BCUT2D eigenvalue weighted by atomic mass is 35.5. The SMILES string of the molecule is O=C(OCC(=O)N1CCOCC1)c1cc(S(=O)(=O)N2CCCC2)ccc1Cl. The normalized spacial score (nSPS) is 18.5. The molecule has 10 heteroatoms. The Kier molecular flexibility index (Phi) is 6.36. The van der Waals surface area contributed by atoms with Gasteiger partial charge >= 0.3 is 5.97 Å². The van der Waals surface area contributed by atoms with Gasteiger partial charge < -0.3 is 14.4 Å². The van der Waals surface area contributed by atoms with E-state index in [2.05, 4.69) is 0 Å². The quantitative estimate of drug-likeness (QED) is 0.668. The molecule has 1 amide bonds. The second-order valence-electron chi connectivity index (χ2n) is 6.32. The van der Waals surface area contributed by atoms with E-state index >= 15 is 0 Å². The van der Waals surface area contributed by atoms with Crippen molar-refractivity contribution in [1.29, 1.82) is 0 Å². The van der Waals surface area contributed by atoms with E-state index in [0.29, 0.717) is 39.4 Å². The summed E-state index contributed by atoms with van der Waals surface area (Å²) >= 11 is 6.04. The van der Waals surface area contributed by atoms with Crippen molar-refractivity contribution < 1.29 is 27.5 Å². The lowest BCUT2D eigenvalue weighted by Gasteiger charge is -2.26. The molecule has 1 aromatic rings.